The smallest absolute Gasteiger partial charge is 0.410 e. The molecular weight excluding hydrogens is 545 g/mol. The molecule has 0 aromatic heterocycles. The molecule has 2 aromatic rings. The molecule has 222 valence electrons. The van der Waals surface area contributed by atoms with E-state index < -0.39 is 23.5 Å². The SMILES string of the molecule is COCCN(C)CCCCCCO[C@H]1CC[C@H](N(Cc2cc(F)c(F)cc2F)C(=O)Oc2ccc(Cl)cc2)CC1. The molecule has 0 saturated heterocycles. The topological polar surface area (TPSA) is 51.2 Å². The average Bonchev–Trinajstić information content (AvgIpc) is 2.94. The number of benzene rings is 2. The Morgan fingerprint density at radius 1 is 0.900 bits per heavy atom. The van der Waals surface area contributed by atoms with Crippen LogP contribution < -0.4 is 4.74 Å². The van der Waals surface area contributed by atoms with Crippen molar-refractivity contribution >= 4 is 17.7 Å². The van der Waals surface area contributed by atoms with Gasteiger partial charge in [0.05, 0.1) is 19.3 Å². The van der Waals surface area contributed by atoms with E-state index in [0.29, 0.717) is 30.5 Å². The number of amides is 1. The number of nitrogens with zero attached hydrogens (tertiary/aromatic N) is 2. The van der Waals surface area contributed by atoms with E-state index in [1.807, 2.05) is 0 Å². The highest BCUT2D eigenvalue weighted by Crippen LogP contribution is 2.29. The summed E-state index contributed by atoms with van der Waals surface area (Å²) in [6, 6.07) is 7.32. The van der Waals surface area contributed by atoms with Gasteiger partial charge < -0.3 is 24.0 Å². The van der Waals surface area contributed by atoms with Crippen LogP contribution in [0.1, 0.15) is 56.9 Å². The largest absolute Gasteiger partial charge is 0.415 e. The Hall–Kier alpha value is -2.33. The lowest BCUT2D eigenvalue weighted by molar-refractivity contribution is 0.00653. The van der Waals surface area contributed by atoms with Gasteiger partial charge in [-0.2, -0.15) is 0 Å². The quantitative estimate of drug-likeness (QED) is 0.163. The van der Waals surface area contributed by atoms with Crippen LogP contribution in [0.5, 0.6) is 5.75 Å². The Labute approximate surface area is 240 Å². The number of likely N-dealkylation sites (N-methyl/N-ethyl adjacent to an activating group) is 1. The van der Waals surface area contributed by atoms with E-state index in [-0.39, 0.29) is 30.0 Å². The molecule has 2 aromatic carbocycles. The molecule has 0 atom stereocenters. The lowest BCUT2D eigenvalue weighted by Gasteiger charge is -2.36. The van der Waals surface area contributed by atoms with Gasteiger partial charge in [-0.1, -0.05) is 24.4 Å². The minimum atomic E-state index is -1.27. The molecule has 0 spiro atoms. The van der Waals surface area contributed by atoms with E-state index in [0.717, 1.165) is 64.3 Å². The van der Waals surface area contributed by atoms with Gasteiger partial charge in [0, 0.05) is 43.0 Å². The Balaban J connectivity index is 1.49. The number of unbranched alkanes of at least 4 members (excludes halogenated alkanes) is 3. The van der Waals surface area contributed by atoms with Crippen molar-refractivity contribution in [1.82, 2.24) is 9.80 Å². The number of ether oxygens (including phenoxy) is 3. The molecule has 0 unspecified atom stereocenters. The normalized spacial score (nSPS) is 17.3. The summed E-state index contributed by atoms with van der Waals surface area (Å²) in [5, 5.41) is 0.490. The molecule has 0 heterocycles. The number of methoxy groups -OCH3 is 1. The number of carbonyl (C=O) groups is 1. The summed E-state index contributed by atoms with van der Waals surface area (Å²) in [6.07, 6.45) is 6.52. The van der Waals surface area contributed by atoms with Crippen LogP contribution in [0.2, 0.25) is 5.02 Å². The van der Waals surface area contributed by atoms with Gasteiger partial charge in [-0.15, -0.1) is 0 Å². The average molecular weight is 585 g/mol. The van der Waals surface area contributed by atoms with Crippen LogP contribution in [-0.4, -0.2) is 68.5 Å². The van der Waals surface area contributed by atoms with Gasteiger partial charge in [-0.3, -0.25) is 0 Å². The van der Waals surface area contributed by atoms with E-state index in [2.05, 4.69) is 11.9 Å². The summed E-state index contributed by atoms with van der Waals surface area (Å²) in [4.78, 5) is 16.8. The number of hydrogen-bond donors (Lipinski definition) is 0. The first-order valence-corrected chi connectivity index (χ1v) is 14.3. The van der Waals surface area contributed by atoms with E-state index in [1.54, 1.807) is 31.4 Å². The minimum absolute atomic E-state index is 0.0885. The van der Waals surface area contributed by atoms with Crippen LogP contribution in [0.4, 0.5) is 18.0 Å². The van der Waals surface area contributed by atoms with Crippen LogP contribution >= 0.6 is 11.6 Å². The fourth-order valence-corrected chi connectivity index (χ4v) is 4.97. The van der Waals surface area contributed by atoms with E-state index >= 15 is 0 Å². The molecule has 1 fully saturated rings. The second-order valence-electron chi connectivity index (χ2n) is 10.3. The Morgan fingerprint density at radius 2 is 1.57 bits per heavy atom. The zero-order valence-electron chi connectivity index (χ0n) is 23.4. The van der Waals surface area contributed by atoms with Crippen molar-refractivity contribution in [3.63, 3.8) is 0 Å². The zero-order valence-corrected chi connectivity index (χ0v) is 24.1. The fourth-order valence-electron chi connectivity index (χ4n) is 4.84. The van der Waals surface area contributed by atoms with Crippen molar-refractivity contribution in [2.45, 2.75) is 70.1 Å². The lowest BCUT2D eigenvalue weighted by atomic mass is 9.91. The lowest BCUT2D eigenvalue weighted by Crippen LogP contribution is -2.44. The molecule has 10 heteroatoms. The standard InChI is InChI=1S/C30H40ClF3N2O4/c1-35(16-18-38-2)15-5-3-4-6-17-39-25-13-9-24(10-14-25)36(21-22-19-28(33)29(34)20-27(22)32)30(37)40-26-11-7-23(31)8-12-26/h7-8,11-12,19-20,24-25H,3-6,9-10,13-18,21H2,1-2H3/t24-,25-. The summed E-state index contributed by atoms with van der Waals surface area (Å²) in [5.41, 5.74) is -0.116. The van der Waals surface area contributed by atoms with Crippen LogP contribution in [0.15, 0.2) is 36.4 Å². The first kappa shape index (κ1) is 32.2. The van der Waals surface area contributed by atoms with Gasteiger partial charge >= 0.3 is 6.09 Å². The summed E-state index contributed by atoms with van der Waals surface area (Å²) in [5.74, 6) is -3.08. The second-order valence-corrected chi connectivity index (χ2v) is 10.8. The summed E-state index contributed by atoms with van der Waals surface area (Å²) in [7, 11) is 3.82. The first-order valence-electron chi connectivity index (χ1n) is 13.9. The van der Waals surface area contributed by atoms with Gasteiger partial charge in [-0.25, -0.2) is 18.0 Å². The number of rotatable bonds is 15. The molecule has 0 radical (unpaired) electrons. The highest BCUT2D eigenvalue weighted by atomic mass is 35.5. The Kier molecular flexibility index (Phi) is 13.5. The van der Waals surface area contributed by atoms with Crippen LogP contribution in [0.25, 0.3) is 0 Å². The van der Waals surface area contributed by atoms with Crippen molar-refractivity contribution in [2.75, 3.05) is 40.5 Å². The van der Waals surface area contributed by atoms with Gasteiger partial charge in [0.1, 0.15) is 11.6 Å². The molecule has 1 amide bonds. The maximum absolute atomic E-state index is 14.5. The number of hydrogen-bond acceptors (Lipinski definition) is 5. The van der Waals surface area contributed by atoms with E-state index in [1.165, 1.54) is 4.90 Å². The first-order chi connectivity index (χ1) is 19.3. The molecule has 1 aliphatic carbocycles. The molecule has 0 bridgehead atoms. The molecular formula is C30H40ClF3N2O4. The van der Waals surface area contributed by atoms with Crippen molar-refractivity contribution in [3.8, 4) is 5.75 Å². The second kappa shape index (κ2) is 16.8. The van der Waals surface area contributed by atoms with E-state index in [9.17, 15) is 18.0 Å². The molecule has 0 aliphatic heterocycles. The summed E-state index contributed by atoms with van der Waals surface area (Å²) in [6.45, 7) is 3.19. The number of carbonyl (C=O) groups excluding carboxylic acids is 1. The highest BCUT2D eigenvalue weighted by Gasteiger charge is 2.31. The van der Waals surface area contributed by atoms with E-state index in [4.69, 9.17) is 25.8 Å². The van der Waals surface area contributed by atoms with Gasteiger partial charge in [0.2, 0.25) is 0 Å². The van der Waals surface area contributed by atoms with Crippen molar-refractivity contribution < 1.29 is 32.2 Å². The summed E-state index contributed by atoms with van der Waals surface area (Å²) >= 11 is 5.92. The van der Waals surface area contributed by atoms with Crippen LogP contribution in [-0.2, 0) is 16.0 Å². The molecule has 6 nitrogen and oxygen atoms in total. The monoisotopic (exact) mass is 584 g/mol. The Bertz CT molecular complexity index is 1050. The van der Waals surface area contributed by atoms with Crippen LogP contribution in [0, 0.1) is 17.5 Å². The fraction of sp³-hybridized carbons (Fsp3) is 0.567. The number of halogens is 4. The van der Waals surface area contributed by atoms with Crippen molar-refractivity contribution in [1.29, 1.82) is 0 Å². The molecule has 40 heavy (non-hydrogen) atoms. The van der Waals surface area contributed by atoms with Gasteiger partial charge in [0.25, 0.3) is 0 Å². The molecule has 3 rings (SSSR count). The third-order valence-corrected chi connectivity index (χ3v) is 7.48. The summed E-state index contributed by atoms with van der Waals surface area (Å²) < 4.78 is 58.5. The maximum Gasteiger partial charge on any atom is 0.415 e. The van der Waals surface area contributed by atoms with Crippen molar-refractivity contribution in [3.05, 3.63) is 64.4 Å². The minimum Gasteiger partial charge on any atom is -0.410 e. The predicted molar refractivity (Wildman–Crippen MR) is 149 cm³/mol. The van der Waals surface area contributed by atoms with Crippen LogP contribution in [0.3, 0.4) is 0 Å². The van der Waals surface area contributed by atoms with Gasteiger partial charge in [-0.05, 0) is 82.4 Å². The maximum atomic E-state index is 14.5. The third-order valence-electron chi connectivity index (χ3n) is 7.23. The third kappa shape index (κ3) is 10.6. The molecule has 1 aliphatic rings. The zero-order chi connectivity index (χ0) is 28.9. The van der Waals surface area contributed by atoms with Crippen molar-refractivity contribution in [2.24, 2.45) is 0 Å². The molecule has 0 N–H and O–H groups in total. The molecule has 1 saturated carbocycles. The highest BCUT2D eigenvalue weighted by molar-refractivity contribution is 6.30. The Morgan fingerprint density at radius 3 is 2.27 bits per heavy atom. The predicted octanol–water partition coefficient (Wildman–Crippen LogP) is 7.22. The van der Waals surface area contributed by atoms with Gasteiger partial charge in [0.15, 0.2) is 11.6 Å².